The minimum atomic E-state index is -0.799. The maximum Gasteiger partial charge on any atom is 0.491 e. The highest BCUT2D eigenvalue weighted by Gasteiger charge is 2.27. The number of hydrogen-bond donors (Lipinski definition) is 1. The van der Waals surface area contributed by atoms with Gasteiger partial charge in [0.25, 0.3) is 0 Å². The van der Waals surface area contributed by atoms with Crippen LogP contribution >= 0.6 is 0 Å². The molecule has 90 valence electrons. The molecule has 1 aliphatic heterocycles. The van der Waals surface area contributed by atoms with Crippen molar-refractivity contribution in [3.8, 4) is 11.5 Å². The van der Waals surface area contributed by atoms with E-state index in [4.69, 9.17) is 9.39 Å². The van der Waals surface area contributed by atoms with Gasteiger partial charge < -0.3 is 14.4 Å². The van der Waals surface area contributed by atoms with Crippen LogP contribution in [0.15, 0.2) is 42.5 Å². The highest BCUT2D eigenvalue weighted by atomic mass is 16.5. The van der Waals surface area contributed by atoms with Gasteiger partial charge in [0.05, 0.1) is 6.61 Å². The zero-order chi connectivity index (χ0) is 12.5. The van der Waals surface area contributed by atoms with Crippen LogP contribution in [0.4, 0.5) is 0 Å². The standard InChI is InChI=1S/C14H13BO3/c1-10-4-2-3-5-14(10)18-12-6-7-13-11(8-12)9-17-15(13)16/h2-8,16H,9H2,1H3. The number of rotatable bonds is 2. The van der Waals surface area contributed by atoms with Crippen LogP contribution in [0.1, 0.15) is 11.1 Å². The van der Waals surface area contributed by atoms with Crippen LogP contribution in [0.5, 0.6) is 11.5 Å². The SMILES string of the molecule is Cc1ccccc1Oc1ccc2c(c1)COB2O. The van der Waals surface area contributed by atoms with Gasteiger partial charge >= 0.3 is 7.12 Å². The Morgan fingerprint density at radius 3 is 2.89 bits per heavy atom. The number of aryl methyl sites for hydroxylation is 1. The van der Waals surface area contributed by atoms with E-state index in [1.165, 1.54) is 0 Å². The zero-order valence-corrected chi connectivity index (χ0v) is 10.1. The Kier molecular flexibility index (Phi) is 2.82. The van der Waals surface area contributed by atoms with Crippen molar-refractivity contribution in [1.29, 1.82) is 0 Å². The van der Waals surface area contributed by atoms with Crippen molar-refractivity contribution in [2.75, 3.05) is 0 Å². The number of para-hydroxylation sites is 1. The Morgan fingerprint density at radius 1 is 1.22 bits per heavy atom. The molecule has 0 radical (unpaired) electrons. The molecule has 3 nitrogen and oxygen atoms in total. The summed E-state index contributed by atoms with van der Waals surface area (Å²) in [6.45, 7) is 2.44. The average Bonchev–Trinajstić information content (AvgIpc) is 2.74. The largest absolute Gasteiger partial charge is 0.491 e. The van der Waals surface area contributed by atoms with Crippen LogP contribution in [0.3, 0.4) is 0 Å². The number of benzene rings is 2. The lowest BCUT2D eigenvalue weighted by molar-refractivity contribution is 0.275. The van der Waals surface area contributed by atoms with Gasteiger partial charge in [0.15, 0.2) is 0 Å². The maximum atomic E-state index is 9.54. The summed E-state index contributed by atoms with van der Waals surface area (Å²) < 4.78 is 11.0. The van der Waals surface area contributed by atoms with Crippen molar-refractivity contribution in [2.45, 2.75) is 13.5 Å². The van der Waals surface area contributed by atoms with Crippen LogP contribution < -0.4 is 10.2 Å². The first-order chi connectivity index (χ1) is 8.74. The normalized spacial score (nSPS) is 13.6. The fourth-order valence-corrected chi connectivity index (χ4v) is 2.07. The second kappa shape index (κ2) is 4.48. The smallest absolute Gasteiger partial charge is 0.457 e. The van der Waals surface area contributed by atoms with Crippen molar-refractivity contribution >= 4 is 12.6 Å². The third kappa shape index (κ3) is 2.01. The van der Waals surface area contributed by atoms with Crippen molar-refractivity contribution in [3.63, 3.8) is 0 Å². The minimum Gasteiger partial charge on any atom is -0.457 e. The van der Waals surface area contributed by atoms with Gasteiger partial charge in [-0.25, -0.2) is 0 Å². The van der Waals surface area contributed by atoms with E-state index in [0.717, 1.165) is 28.1 Å². The molecule has 0 aromatic heterocycles. The summed E-state index contributed by atoms with van der Waals surface area (Å²) in [4.78, 5) is 0. The lowest BCUT2D eigenvalue weighted by Gasteiger charge is -2.09. The van der Waals surface area contributed by atoms with Gasteiger partial charge in [-0.15, -0.1) is 0 Å². The van der Waals surface area contributed by atoms with Crippen LogP contribution in [0.25, 0.3) is 0 Å². The molecular formula is C14H13BO3. The van der Waals surface area contributed by atoms with Gasteiger partial charge in [0.1, 0.15) is 11.5 Å². The monoisotopic (exact) mass is 240 g/mol. The molecule has 18 heavy (non-hydrogen) atoms. The van der Waals surface area contributed by atoms with Crippen LogP contribution in [-0.4, -0.2) is 12.1 Å². The molecule has 0 saturated carbocycles. The minimum absolute atomic E-state index is 0.432. The fourth-order valence-electron chi connectivity index (χ4n) is 2.07. The first-order valence-electron chi connectivity index (χ1n) is 5.90. The van der Waals surface area contributed by atoms with Crippen molar-refractivity contribution in [1.82, 2.24) is 0 Å². The highest BCUT2D eigenvalue weighted by molar-refractivity contribution is 6.61. The molecule has 4 heteroatoms. The Balaban J connectivity index is 1.89. The van der Waals surface area contributed by atoms with Crippen molar-refractivity contribution in [3.05, 3.63) is 53.6 Å². The predicted octanol–water partition coefficient (Wildman–Crippen LogP) is 2.01. The molecule has 1 N–H and O–H groups in total. The molecular weight excluding hydrogens is 227 g/mol. The Morgan fingerprint density at radius 2 is 2.06 bits per heavy atom. The summed E-state index contributed by atoms with van der Waals surface area (Å²) in [5.41, 5.74) is 2.90. The first kappa shape index (κ1) is 11.3. The quantitative estimate of drug-likeness (QED) is 0.816. The third-order valence-electron chi connectivity index (χ3n) is 3.10. The number of ether oxygens (including phenoxy) is 1. The molecule has 0 saturated heterocycles. The van der Waals surface area contributed by atoms with E-state index >= 15 is 0 Å². The van der Waals surface area contributed by atoms with E-state index in [1.807, 2.05) is 49.4 Å². The topological polar surface area (TPSA) is 38.7 Å². The molecule has 3 rings (SSSR count). The van der Waals surface area contributed by atoms with E-state index < -0.39 is 7.12 Å². The van der Waals surface area contributed by atoms with Crippen molar-refractivity contribution < 1.29 is 14.4 Å². The molecule has 0 fully saturated rings. The molecule has 1 aliphatic rings. The van der Waals surface area contributed by atoms with Crippen LogP contribution in [0, 0.1) is 6.92 Å². The highest BCUT2D eigenvalue weighted by Crippen LogP contribution is 2.26. The molecule has 2 aromatic carbocycles. The second-order valence-corrected chi connectivity index (χ2v) is 4.39. The number of hydrogen-bond acceptors (Lipinski definition) is 3. The Bertz CT molecular complexity index is 583. The summed E-state index contributed by atoms with van der Waals surface area (Å²) in [7, 11) is -0.799. The Hall–Kier alpha value is -1.78. The molecule has 1 heterocycles. The summed E-state index contributed by atoms with van der Waals surface area (Å²) >= 11 is 0. The molecule has 0 bridgehead atoms. The lowest BCUT2D eigenvalue weighted by Crippen LogP contribution is -2.27. The molecule has 0 spiro atoms. The summed E-state index contributed by atoms with van der Waals surface area (Å²) in [5, 5.41) is 9.54. The van der Waals surface area contributed by atoms with E-state index in [1.54, 1.807) is 0 Å². The Labute approximate surface area is 106 Å². The summed E-state index contributed by atoms with van der Waals surface area (Å²) in [6, 6.07) is 13.5. The van der Waals surface area contributed by atoms with Gasteiger partial charge in [-0.1, -0.05) is 24.3 Å². The number of fused-ring (bicyclic) bond motifs is 1. The molecule has 2 aromatic rings. The van der Waals surface area contributed by atoms with E-state index in [2.05, 4.69) is 0 Å². The van der Waals surface area contributed by atoms with Crippen LogP contribution in [0.2, 0.25) is 0 Å². The van der Waals surface area contributed by atoms with E-state index in [-0.39, 0.29) is 0 Å². The van der Waals surface area contributed by atoms with Crippen molar-refractivity contribution in [2.24, 2.45) is 0 Å². The lowest BCUT2D eigenvalue weighted by atomic mass is 9.80. The van der Waals surface area contributed by atoms with Gasteiger partial charge in [-0.05, 0) is 41.7 Å². The maximum absolute atomic E-state index is 9.54. The fraction of sp³-hybridized carbons (Fsp3) is 0.143. The van der Waals surface area contributed by atoms with Gasteiger partial charge in [0.2, 0.25) is 0 Å². The first-order valence-corrected chi connectivity index (χ1v) is 5.90. The second-order valence-electron chi connectivity index (χ2n) is 4.39. The third-order valence-corrected chi connectivity index (χ3v) is 3.10. The van der Waals surface area contributed by atoms with E-state index in [0.29, 0.717) is 6.61 Å². The molecule has 0 amide bonds. The van der Waals surface area contributed by atoms with E-state index in [9.17, 15) is 5.02 Å². The molecule has 0 aliphatic carbocycles. The summed E-state index contributed by atoms with van der Waals surface area (Å²) in [5.74, 6) is 1.61. The zero-order valence-electron chi connectivity index (χ0n) is 10.1. The van der Waals surface area contributed by atoms with Gasteiger partial charge in [0, 0.05) is 0 Å². The van der Waals surface area contributed by atoms with Gasteiger partial charge in [-0.2, -0.15) is 0 Å². The molecule has 0 atom stereocenters. The summed E-state index contributed by atoms with van der Waals surface area (Å²) in [6.07, 6.45) is 0. The van der Waals surface area contributed by atoms with Crippen LogP contribution in [-0.2, 0) is 11.3 Å². The average molecular weight is 240 g/mol. The molecule has 0 unspecified atom stereocenters. The van der Waals surface area contributed by atoms with Gasteiger partial charge in [-0.3, -0.25) is 0 Å². The predicted molar refractivity (Wildman–Crippen MR) is 70.1 cm³/mol.